The van der Waals surface area contributed by atoms with Gasteiger partial charge >= 0.3 is 6.09 Å². The molecule has 4 aromatic rings. The van der Waals surface area contributed by atoms with E-state index < -0.39 is 11.4 Å². The van der Waals surface area contributed by atoms with Gasteiger partial charge in [-0.05, 0) is 76.3 Å². The van der Waals surface area contributed by atoms with Crippen LogP contribution < -0.4 is 9.64 Å². The number of oxazole rings is 1. The third-order valence-electron chi connectivity index (χ3n) is 7.52. The molecule has 1 unspecified atom stereocenters. The second kappa shape index (κ2) is 11.0. The summed E-state index contributed by atoms with van der Waals surface area (Å²) in [7, 11) is 1.47. The summed E-state index contributed by atoms with van der Waals surface area (Å²) in [4.78, 5) is 31.0. The molecule has 1 atom stereocenters. The van der Waals surface area contributed by atoms with Crippen molar-refractivity contribution in [2.75, 3.05) is 38.4 Å². The van der Waals surface area contributed by atoms with Crippen molar-refractivity contribution in [2.24, 2.45) is 5.92 Å². The van der Waals surface area contributed by atoms with E-state index in [0.29, 0.717) is 46.2 Å². The fourth-order valence-corrected chi connectivity index (χ4v) is 5.37. The van der Waals surface area contributed by atoms with E-state index in [2.05, 4.69) is 9.88 Å². The lowest BCUT2D eigenvalue weighted by atomic mass is 10.1. The van der Waals surface area contributed by atoms with Crippen molar-refractivity contribution in [2.45, 2.75) is 58.6 Å². The average Bonchev–Trinajstić information content (AvgIpc) is 3.49. The largest absolute Gasteiger partial charge is 0.464 e. The standard InChI is InChI=1S/C31H36FN5O5/c1-18-33-28-25(41-18)14-21(29(27(28)32)40-17-39-5)22-8-9-24-23(34-22)10-11-26(35-24)36-13-12-20(16-36)37(15-19-6-7-19)30(38)42-31(2,3)4/h8-11,14,19-20H,6-7,12-13,15-17H2,1-5H3. The first-order valence-corrected chi connectivity index (χ1v) is 14.3. The van der Waals surface area contributed by atoms with Gasteiger partial charge in [0.1, 0.15) is 16.9 Å². The van der Waals surface area contributed by atoms with Gasteiger partial charge in [-0.2, -0.15) is 0 Å². The number of pyridine rings is 2. The minimum Gasteiger partial charge on any atom is -0.464 e. The summed E-state index contributed by atoms with van der Waals surface area (Å²) in [5.41, 5.74) is 2.17. The van der Waals surface area contributed by atoms with E-state index in [1.807, 2.05) is 43.9 Å². The van der Waals surface area contributed by atoms with Crippen LogP contribution in [0.3, 0.4) is 0 Å². The first-order valence-electron chi connectivity index (χ1n) is 14.3. The smallest absolute Gasteiger partial charge is 0.410 e. The Bertz CT molecular complexity index is 1630. The monoisotopic (exact) mass is 577 g/mol. The van der Waals surface area contributed by atoms with Gasteiger partial charge in [0, 0.05) is 39.2 Å². The number of aryl methyl sites for hydroxylation is 1. The SMILES string of the molecule is COCOc1c(-c2ccc3nc(N4CCC(N(CC5CC5)C(=O)OC(C)(C)C)C4)ccc3n2)cc2oc(C)nc2c1F. The van der Waals surface area contributed by atoms with Crippen LogP contribution in [0.15, 0.2) is 34.7 Å². The molecule has 4 heterocycles. The number of hydrogen-bond acceptors (Lipinski definition) is 9. The number of aromatic nitrogens is 3. The predicted octanol–water partition coefficient (Wildman–Crippen LogP) is 6.09. The molecule has 1 aliphatic carbocycles. The molecule has 0 N–H and O–H groups in total. The highest BCUT2D eigenvalue weighted by Gasteiger charge is 2.37. The topological polar surface area (TPSA) is 103 Å². The summed E-state index contributed by atoms with van der Waals surface area (Å²) in [6.45, 7) is 9.44. The Labute approximate surface area is 243 Å². The minimum atomic E-state index is -0.627. The summed E-state index contributed by atoms with van der Waals surface area (Å²) in [5.74, 6) is 1.11. The van der Waals surface area contributed by atoms with E-state index in [4.69, 9.17) is 28.6 Å². The number of nitrogens with zero attached hydrogens (tertiary/aromatic N) is 5. The Balaban J connectivity index is 1.25. The molecule has 222 valence electrons. The van der Waals surface area contributed by atoms with Crippen LogP contribution in [0.4, 0.5) is 15.0 Å². The number of fused-ring (bicyclic) bond motifs is 2. The predicted molar refractivity (Wildman–Crippen MR) is 156 cm³/mol. The highest BCUT2D eigenvalue weighted by atomic mass is 19.1. The van der Waals surface area contributed by atoms with Gasteiger partial charge in [-0.15, -0.1) is 0 Å². The van der Waals surface area contributed by atoms with Crippen LogP contribution in [0.1, 0.15) is 45.9 Å². The van der Waals surface area contributed by atoms with E-state index in [1.54, 1.807) is 19.1 Å². The molecule has 1 amide bonds. The molecule has 0 bridgehead atoms. The fourth-order valence-electron chi connectivity index (χ4n) is 5.37. The van der Waals surface area contributed by atoms with Crippen LogP contribution in [0.2, 0.25) is 0 Å². The van der Waals surface area contributed by atoms with Gasteiger partial charge in [0.15, 0.2) is 29.8 Å². The number of halogens is 1. The zero-order valence-corrected chi connectivity index (χ0v) is 24.6. The number of ether oxygens (including phenoxy) is 3. The zero-order valence-electron chi connectivity index (χ0n) is 24.6. The molecule has 2 fully saturated rings. The molecule has 1 aromatic carbocycles. The molecule has 1 aliphatic heterocycles. The number of methoxy groups -OCH3 is 1. The second-order valence-corrected chi connectivity index (χ2v) is 12.1. The van der Waals surface area contributed by atoms with E-state index in [9.17, 15) is 4.79 Å². The van der Waals surface area contributed by atoms with Crippen molar-refractivity contribution in [1.29, 1.82) is 0 Å². The number of carbonyl (C=O) groups is 1. The number of hydrogen-bond donors (Lipinski definition) is 0. The van der Waals surface area contributed by atoms with Crippen LogP contribution in [0.5, 0.6) is 5.75 Å². The lowest BCUT2D eigenvalue weighted by Crippen LogP contribution is -2.45. The van der Waals surface area contributed by atoms with Crippen molar-refractivity contribution in [1.82, 2.24) is 19.9 Å². The van der Waals surface area contributed by atoms with Gasteiger partial charge in [-0.25, -0.2) is 24.1 Å². The fraction of sp³-hybridized carbons (Fsp3) is 0.484. The van der Waals surface area contributed by atoms with Gasteiger partial charge in [0.2, 0.25) is 0 Å². The van der Waals surface area contributed by atoms with Crippen molar-refractivity contribution < 1.29 is 27.8 Å². The third-order valence-corrected chi connectivity index (χ3v) is 7.52. The lowest BCUT2D eigenvalue weighted by Gasteiger charge is -2.32. The van der Waals surface area contributed by atoms with Gasteiger partial charge in [0.05, 0.1) is 22.8 Å². The van der Waals surface area contributed by atoms with E-state index >= 15 is 4.39 Å². The van der Waals surface area contributed by atoms with Crippen molar-refractivity contribution in [3.05, 3.63) is 42.0 Å². The molecule has 0 spiro atoms. The number of rotatable bonds is 8. The lowest BCUT2D eigenvalue weighted by molar-refractivity contribution is 0.0167. The van der Waals surface area contributed by atoms with Crippen molar-refractivity contribution in [3.63, 3.8) is 0 Å². The molecule has 11 heteroatoms. The van der Waals surface area contributed by atoms with Crippen LogP contribution >= 0.6 is 0 Å². The quantitative estimate of drug-likeness (QED) is 0.230. The Morgan fingerprint density at radius 2 is 1.88 bits per heavy atom. The number of anilines is 1. The van der Waals surface area contributed by atoms with Crippen LogP contribution in [0.25, 0.3) is 33.4 Å². The van der Waals surface area contributed by atoms with Crippen molar-refractivity contribution in [3.8, 4) is 17.0 Å². The highest BCUT2D eigenvalue weighted by Crippen LogP contribution is 2.38. The molecule has 1 saturated carbocycles. The van der Waals surface area contributed by atoms with E-state index in [-0.39, 0.29) is 30.2 Å². The first kappa shape index (κ1) is 28.1. The van der Waals surface area contributed by atoms with Crippen LogP contribution in [0, 0.1) is 18.7 Å². The number of benzene rings is 1. The molecular formula is C31H36FN5O5. The average molecular weight is 578 g/mol. The molecule has 1 saturated heterocycles. The van der Waals surface area contributed by atoms with Gasteiger partial charge in [0.25, 0.3) is 0 Å². The van der Waals surface area contributed by atoms with Gasteiger partial charge in [-0.3, -0.25) is 0 Å². The molecule has 42 heavy (non-hydrogen) atoms. The van der Waals surface area contributed by atoms with Gasteiger partial charge < -0.3 is 28.4 Å². The summed E-state index contributed by atoms with van der Waals surface area (Å²) < 4.78 is 37.4. The number of amides is 1. The molecule has 0 radical (unpaired) electrons. The van der Waals surface area contributed by atoms with Crippen LogP contribution in [-0.4, -0.2) is 71.1 Å². The van der Waals surface area contributed by atoms with E-state index in [0.717, 1.165) is 38.2 Å². The molecule has 6 rings (SSSR count). The Morgan fingerprint density at radius 1 is 1.12 bits per heavy atom. The minimum absolute atomic E-state index is 0.00192. The van der Waals surface area contributed by atoms with Crippen molar-refractivity contribution >= 4 is 34.0 Å². The Kier molecular flexibility index (Phi) is 7.38. The summed E-state index contributed by atoms with van der Waals surface area (Å²) in [6.07, 6.45) is 2.93. The van der Waals surface area contributed by atoms with Crippen LogP contribution in [-0.2, 0) is 9.47 Å². The maximum Gasteiger partial charge on any atom is 0.410 e. The summed E-state index contributed by atoms with van der Waals surface area (Å²) in [5, 5.41) is 0. The third kappa shape index (κ3) is 5.83. The summed E-state index contributed by atoms with van der Waals surface area (Å²) >= 11 is 0. The maximum absolute atomic E-state index is 15.4. The Morgan fingerprint density at radius 3 is 2.62 bits per heavy atom. The zero-order chi connectivity index (χ0) is 29.6. The first-order chi connectivity index (χ1) is 20.1. The molecular weight excluding hydrogens is 541 g/mol. The Hall–Kier alpha value is -3.99. The number of carbonyl (C=O) groups excluding carboxylic acids is 1. The van der Waals surface area contributed by atoms with E-state index in [1.165, 1.54) is 7.11 Å². The highest BCUT2D eigenvalue weighted by molar-refractivity contribution is 5.87. The normalized spacial score (nSPS) is 17.3. The summed E-state index contributed by atoms with van der Waals surface area (Å²) in [6, 6.07) is 9.24. The van der Waals surface area contributed by atoms with Gasteiger partial charge in [-0.1, -0.05) is 0 Å². The molecule has 3 aromatic heterocycles. The molecule has 2 aliphatic rings. The molecule has 10 nitrogen and oxygen atoms in total. The second-order valence-electron chi connectivity index (χ2n) is 12.1. The maximum atomic E-state index is 15.4.